The van der Waals surface area contributed by atoms with Crippen molar-refractivity contribution in [1.29, 1.82) is 0 Å². The quantitative estimate of drug-likeness (QED) is 0.890. The lowest BCUT2D eigenvalue weighted by Gasteiger charge is -2.26. The van der Waals surface area contributed by atoms with Crippen LogP contribution in [0.2, 0.25) is 0 Å². The molecule has 3 nitrogen and oxygen atoms in total. The molecule has 0 aliphatic heterocycles. The minimum absolute atomic E-state index is 0.0204. The maximum atomic E-state index is 11.9. The Morgan fingerprint density at radius 1 is 1.35 bits per heavy atom. The van der Waals surface area contributed by atoms with E-state index in [2.05, 4.69) is 12.2 Å². The van der Waals surface area contributed by atoms with Gasteiger partial charge in [0.1, 0.15) is 5.78 Å². The van der Waals surface area contributed by atoms with E-state index < -0.39 is 0 Å². The third kappa shape index (κ3) is 4.48. The first-order valence-electron chi connectivity index (χ1n) is 7.35. The number of hydrogen-bond acceptors (Lipinski definition) is 2. The Labute approximate surface area is 120 Å². The minimum Gasteiger partial charge on any atom is -0.326 e. The summed E-state index contributed by atoms with van der Waals surface area (Å²) in [5, 5.41) is 2.88. The third-order valence-electron chi connectivity index (χ3n) is 3.99. The van der Waals surface area contributed by atoms with Gasteiger partial charge in [-0.25, -0.2) is 0 Å². The molecule has 1 radical (unpaired) electrons. The normalized spacial score (nSPS) is 20.4. The van der Waals surface area contributed by atoms with E-state index in [1.165, 1.54) is 0 Å². The molecular weight excluding hydrogens is 250 g/mol. The maximum absolute atomic E-state index is 11.9. The van der Waals surface area contributed by atoms with Gasteiger partial charge in [0.2, 0.25) is 5.91 Å². The van der Waals surface area contributed by atoms with Crippen LogP contribution < -0.4 is 5.32 Å². The number of rotatable bonds is 5. The van der Waals surface area contributed by atoms with Crippen LogP contribution in [-0.4, -0.2) is 11.7 Å². The number of amides is 1. The second-order valence-electron chi connectivity index (χ2n) is 5.61. The number of nitrogens with one attached hydrogen (secondary N) is 1. The Morgan fingerprint density at radius 2 is 2.10 bits per heavy atom. The topological polar surface area (TPSA) is 46.2 Å². The van der Waals surface area contributed by atoms with E-state index in [1.807, 2.05) is 30.3 Å². The van der Waals surface area contributed by atoms with Crippen LogP contribution in [0.3, 0.4) is 0 Å². The van der Waals surface area contributed by atoms with Gasteiger partial charge in [-0.15, -0.1) is 0 Å². The molecule has 1 aromatic rings. The van der Waals surface area contributed by atoms with E-state index in [-0.39, 0.29) is 11.8 Å². The highest BCUT2D eigenvalue weighted by Crippen LogP contribution is 2.30. The molecule has 0 bridgehead atoms. The number of hydrogen-bond donors (Lipinski definition) is 1. The van der Waals surface area contributed by atoms with Gasteiger partial charge < -0.3 is 5.32 Å². The molecule has 2 atom stereocenters. The van der Waals surface area contributed by atoms with Gasteiger partial charge in [-0.2, -0.15) is 0 Å². The summed E-state index contributed by atoms with van der Waals surface area (Å²) in [5.74, 6) is 0.928. The van der Waals surface area contributed by atoms with Crippen LogP contribution in [0.1, 0.15) is 38.5 Å². The number of carbonyl (C=O) groups is 2. The van der Waals surface area contributed by atoms with Crippen LogP contribution in [0.15, 0.2) is 30.3 Å². The van der Waals surface area contributed by atoms with Crippen LogP contribution >= 0.6 is 0 Å². The van der Waals surface area contributed by atoms with Crippen molar-refractivity contribution in [3.63, 3.8) is 0 Å². The fraction of sp³-hybridized carbons (Fsp3) is 0.471. The van der Waals surface area contributed by atoms with Crippen molar-refractivity contribution in [2.75, 3.05) is 5.32 Å². The van der Waals surface area contributed by atoms with Gasteiger partial charge in [-0.1, -0.05) is 18.2 Å². The molecule has 0 spiro atoms. The summed E-state index contributed by atoms with van der Waals surface area (Å²) in [6, 6.07) is 9.46. The van der Waals surface area contributed by atoms with E-state index in [0.29, 0.717) is 24.5 Å². The van der Waals surface area contributed by atoms with Gasteiger partial charge in [0.05, 0.1) is 0 Å². The molecule has 1 aliphatic carbocycles. The summed E-state index contributed by atoms with van der Waals surface area (Å²) in [4.78, 5) is 23.3. The van der Waals surface area contributed by atoms with Crippen molar-refractivity contribution in [2.24, 2.45) is 11.8 Å². The van der Waals surface area contributed by atoms with Crippen LogP contribution in [0.25, 0.3) is 0 Å². The van der Waals surface area contributed by atoms with E-state index in [0.717, 1.165) is 31.4 Å². The molecule has 0 saturated heterocycles. The number of benzene rings is 1. The molecule has 3 heteroatoms. The van der Waals surface area contributed by atoms with Crippen LogP contribution in [0, 0.1) is 18.8 Å². The Kier molecular flexibility index (Phi) is 5.33. The van der Waals surface area contributed by atoms with Gasteiger partial charge >= 0.3 is 0 Å². The lowest BCUT2D eigenvalue weighted by molar-refractivity contribution is -0.121. The van der Waals surface area contributed by atoms with Crippen LogP contribution in [-0.2, 0) is 9.59 Å². The van der Waals surface area contributed by atoms with Crippen LogP contribution in [0.4, 0.5) is 5.69 Å². The maximum Gasteiger partial charge on any atom is 0.224 e. The minimum atomic E-state index is 0.0204. The predicted octanol–water partition coefficient (Wildman–Crippen LogP) is 3.61. The molecular formula is C17H22NO2. The molecule has 2 unspecified atom stereocenters. The molecule has 1 saturated carbocycles. The summed E-state index contributed by atoms with van der Waals surface area (Å²) < 4.78 is 0. The molecule has 0 heterocycles. The lowest BCUT2D eigenvalue weighted by atomic mass is 9.78. The summed E-state index contributed by atoms with van der Waals surface area (Å²) in [6.45, 7) is 4.14. The molecule has 1 aliphatic rings. The molecule has 107 valence electrons. The van der Waals surface area contributed by atoms with Crippen molar-refractivity contribution < 1.29 is 9.59 Å². The van der Waals surface area contributed by atoms with Crippen molar-refractivity contribution >= 4 is 17.4 Å². The molecule has 1 amide bonds. The largest absolute Gasteiger partial charge is 0.326 e. The highest BCUT2D eigenvalue weighted by molar-refractivity contribution is 5.90. The molecule has 1 fully saturated rings. The van der Waals surface area contributed by atoms with Crippen molar-refractivity contribution in [1.82, 2.24) is 0 Å². The fourth-order valence-corrected chi connectivity index (χ4v) is 2.76. The Morgan fingerprint density at radius 3 is 2.80 bits per heavy atom. The average Bonchev–Trinajstić information content (AvgIpc) is 2.46. The Bertz CT molecular complexity index is 455. The van der Waals surface area contributed by atoms with Gasteiger partial charge in [-0.3, -0.25) is 9.59 Å². The zero-order valence-corrected chi connectivity index (χ0v) is 11.8. The van der Waals surface area contributed by atoms with Crippen LogP contribution in [0.5, 0.6) is 0 Å². The van der Waals surface area contributed by atoms with Crippen molar-refractivity contribution in [3.05, 3.63) is 37.3 Å². The monoisotopic (exact) mass is 272 g/mol. The molecule has 0 aromatic heterocycles. The number of carbonyl (C=O) groups excluding carboxylic acids is 2. The standard InChI is InChI=1S/C17H22NO2/c1-13(14-6-5-9-16(19)12-14)10-11-17(20)18-15-7-3-2-4-8-15/h2-4,7-8,13-14H,1,5-6,9-12H2,(H,18,20). The molecule has 20 heavy (non-hydrogen) atoms. The number of ketones is 1. The summed E-state index contributed by atoms with van der Waals surface area (Å²) in [7, 11) is 0. The molecule has 2 rings (SSSR count). The summed E-state index contributed by atoms with van der Waals surface area (Å²) >= 11 is 0. The summed E-state index contributed by atoms with van der Waals surface area (Å²) in [5.41, 5.74) is 0.825. The van der Waals surface area contributed by atoms with Gasteiger partial charge in [-0.05, 0) is 50.2 Å². The average molecular weight is 272 g/mol. The first kappa shape index (κ1) is 14.8. The lowest BCUT2D eigenvalue weighted by Crippen LogP contribution is -2.22. The van der Waals surface area contributed by atoms with E-state index in [1.54, 1.807) is 0 Å². The Hall–Kier alpha value is -1.64. The summed E-state index contributed by atoms with van der Waals surface area (Å²) in [6.07, 6.45) is 4.63. The number of anilines is 1. The first-order chi connectivity index (χ1) is 9.65. The van der Waals surface area contributed by atoms with E-state index in [4.69, 9.17) is 0 Å². The van der Waals surface area contributed by atoms with Gasteiger partial charge in [0.15, 0.2) is 0 Å². The zero-order chi connectivity index (χ0) is 14.4. The SMILES string of the molecule is [CH2]C(CCC(=O)Nc1ccccc1)C1CCCC(=O)C1. The smallest absolute Gasteiger partial charge is 0.224 e. The molecule has 1 N–H and O–H groups in total. The third-order valence-corrected chi connectivity index (χ3v) is 3.99. The molecule has 1 aromatic carbocycles. The predicted molar refractivity (Wildman–Crippen MR) is 80.1 cm³/mol. The zero-order valence-electron chi connectivity index (χ0n) is 11.8. The highest BCUT2D eigenvalue weighted by atomic mass is 16.1. The van der Waals surface area contributed by atoms with Gasteiger partial charge in [0, 0.05) is 24.9 Å². The van der Waals surface area contributed by atoms with Crippen molar-refractivity contribution in [3.8, 4) is 0 Å². The van der Waals surface area contributed by atoms with Crippen molar-refractivity contribution in [2.45, 2.75) is 38.5 Å². The number of para-hydroxylation sites is 1. The van der Waals surface area contributed by atoms with E-state index in [9.17, 15) is 9.59 Å². The number of Topliss-reactive ketones (excluding diaryl/α,β-unsaturated/α-hetero) is 1. The highest BCUT2D eigenvalue weighted by Gasteiger charge is 2.24. The second-order valence-corrected chi connectivity index (χ2v) is 5.61. The first-order valence-corrected chi connectivity index (χ1v) is 7.35. The van der Waals surface area contributed by atoms with E-state index >= 15 is 0 Å². The second kappa shape index (κ2) is 7.22. The Balaban J connectivity index is 1.74. The fourth-order valence-electron chi connectivity index (χ4n) is 2.76. The van der Waals surface area contributed by atoms with Gasteiger partial charge in [0.25, 0.3) is 0 Å².